The number of hydrogen-bond acceptors (Lipinski definition) is 4. The summed E-state index contributed by atoms with van der Waals surface area (Å²) < 4.78 is 7.15. The average molecular weight is 509 g/mol. The number of rotatable bonds is 9. The minimum atomic E-state index is -0.568. The van der Waals surface area contributed by atoms with Gasteiger partial charge in [-0.25, -0.2) is 10.2 Å². The second kappa shape index (κ2) is 12.5. The Morgan fingerprint density at radius 2 is 1.55 bits per heavy atom. The SMILES string of the molecule is CCOC(=O)N[C@@H](CC(=O)N/N=C\c1cc(C)n(-c2ccc(-c3ccccc3)cc2)c1C)c1ccccc1. The Bertz CT molecular complexity index is 1390. The van der Waals surface area contributed by atoms with E-state index in [0.717, 1.165) is 33.8 Å². The second-order valence-corrected chi connectivity index (χ2v) is 8.90. The quantitative estimate of drug-likeness (QED) is 0.212. The third kappa shape index (κ3) is 6.56. The molecule has 1 heterocycles. The Kier molecular flexibility index (Phi) is 8.72. The van der Waals surface area contributed by atoms with Crippen LogP contribution in [0, 0.1) is 13.8 Å². The Morgan fingerprint density at radius 3 is 2.21 bits per heavy atom. The summed E-state index contributed by atoms with van der Waals surface area (Å²) in [6.45, 7) is 6.05. The first-order valence-corrected chi connectivity index (χ1v) is 12.6. The summed E-state index contributed by atoms with van der Waals surface area (Å²) in [5, 5.41) is 6.93. The van der Waals surface area contributed by atoms with E-state index in [1.807, 2.05) is 68.4 Å². The lowest BCUT2D eigenvalue weighted by molar-refractivity contribution is -0.121. The fraction of sp³-hybridized carbons (Fsp3) is 0.194. The third-order valence-electron chi connectivity index (χ3n) is 6.25. The maximum Gasteiger partial charge on any atom is 0.407 e. The van der Waals surface area contributed by atoms with Crippen LogP contribution in [-0.2, 0) is 9.53 Å². The summed E-state index contributed by atoms with van der Waals surface area (Å²) >= 11 is 0. The fourth-order valence-electron chi connectivity index (χ4n) is 4.41. The van der Waals surface area contributed by atoms with Crippen LogP contribution < -0.4 is 10.7 Å². The molecule has 0 bridgehead atoms. The minimum absolute atomic E-state index is 0.0208. The highest BCUT2D eigenvalue weighted by atomic mass is 16.5. The maximum atomic E-state index is 12.7. The fourth-order valence-corrected chi connectivity index (χ4v) is 4.41. The van der Waals surface area contributed by atoms with Gasteiger partial charge in [0.2, 0.25) is 5.91 Å². The number of nitrogens with zero attached hydrogens (tertiary/aromatic N) is 2. The summed E-state index contributed by atoms with van der Waals surface area (Å²) in [4.78, 5) is 24.7. The number of ether oxygens (including phenoxy) is 1. The maximum absolute atomic E-state index is 12.7. The van der Waals surface area contributed by atoms with Crippen molar-refractivity contribution in [2.75, 3.05) is 6.61 Å². The zero-order valence-electron chi connectivity index (χ0n) is 21.8. The van der Waals surface area contributed by atoms with Crippen molar-refractivity contribution in [3.8, 4) is 16.8 Å². The number of alkyl carbamates (subject to hydrolysis) is 1. The molecule has 38 heavy (non-hydrogen) atoms. The van der Waals surface area contributed by atoms with Crippen molar-refractivity contribution in [1.82, 2.24) is 15.3 Å². The van der Waals surface area contributed by atoms with Crippen molar-refractivity contribution in [1.29, 1.82) is 0 Å². The molecule has 1 aromatic heterocycles. The molecule has 194 valence electrons. The highest BCUT2D eigenvalue weighted by Gasteiger charge is 2.19. The predicted molar refractivity (Wildman–Crippen MR) is 150 cm³/mol. The minimum Gasteiger partial charge on any atom is -0.450 e. The lowest BCUT2D eigenvalue weighted by Crippen LogP contribution is -2.33. The number of hydrogen-bond donors (Lipinski definition) is 2. The van der Waals surface area contributed by atoms with Gasteiger partial charge in [-0.1, -0.05) is 72.8 Å². The van der Waals surface area contributed by atoms with Gasteiger partial charge in [-0.05, 0) is 55.7 Å². The van der Waals surface area contributed by atoms with Crippen LogP contribution in [0.25, 0.3) is 16.8 Å². The first-order chi connectivity index (χ1) is 18.5. The molecule has 0 aliphatic carbocycles. The Balaban J connectivity index is 1.43. The molecule has 0 unspecified atom stereocenters. The number of amides is 2. The molecule has 0 aliphatic heterocycles. The van der Waals surface area contributed by atoms with Gasteiger partial charge in [0.1, 0.15) is 0 Å². The van der Waals surface area contributed by atoms with Crippen molar-refractivity contribution >= 4 is 18.2 Å². The number of carbonyl (C=O) groups excluding carboxylic acids is 2. The van der Waals surface area contributed by atoms with Crippen LogP contribution in [-0.4, -0.2) is 29.4 Å². The van der Waals surface area contributed by atoms with Crippen LogP contribution in [0.2, 0.25) is 0 Å². The van der Waals surface area contributed by atoms with Gasteiger partial charge in [0, 0.05) is 22.6 Å². The van der Waals surface area contributed by atoms with E-state index < -0.39 is 12.1 Å². The standard InChI is InChI=1S/C31H32N4O3/c1-4-38-31(37)33-29(26-13-9-6-10-14-26)20-30(36)34-32-21-27-19-22(2)35(23(27)3)28-17-15-25(16-18-28)24-11-7-5-8-12-24/h5-19,21,29H,4,20H2,1-3H3,(H,33,37)(H,34,36)/b32-21-/t29-/m0/s1. The first kappa shape index (κ1) is 26.4. The normalized spacial score (nSPS) is 11.8. The highest BCUT2D eigenvalue weighted by molar-refractivity contribution is 5.84. The number of nitrogens with one attached hydrogen (secondary N) is 2. The lowest BCUT2D eigenvalue weighted by Gasteiger charge is -2.18. The van der Waals surface area contributed by atoms with Crippen LogP contribution in [0.4, 0.5) is 4.79 Å². The largest absolute Gasteiger partial charge is 0.450 e. The molecule has 0 fully saturated rings. The number of hydrazone groups is 1. The van der Waals surface area contributed by atoms with E-state index in [1.165, 1.54) is 5.56 Å². The van der Waals surface area contributed by atoms with E-state index in [9.17, 15) is 9.59 Å². The summed E-state index contributed by atoms with van der Waals surface area (Å²) in [7, 11) is 0. The third-order valence-corrected chi connectivity index (χ3v) is 6.25. The number of aromatic nitrogens is 1. The molecular formula is C31H32N4O3. The number of carbonyl (C=O) groups is 2. The molecule has 3 aromatic carbocycles. The van der Waals surface area contributed by atoms with E-state index in [1.54, 1.807) is 13.1 Å². The van der Waals surface area contributed by atoms with Crippen molar-refractivity contribution < 1.29 is 14.3 Å². The molecule has 2 N–H and O–H groups in total. The van der Waals surface area contributed by atoms with E-state index in [0.29, 0.717) is 0 Å². The van der Waals surface area contributed by atoms with Gasteiger partial charge in [0.05, 0.1) is 25.3 Å². The molecule has 0 saturated carbocycles. The number of benzene rings is 3. The van der Waals surface area contributed by atoms with E-state index in [2.05, 4.69) is 56.8 Å². The van der Waals surface area contributed by atoms with E-state index in [-0.39, 0.29) is 18.9 Å². The van der Waals surface area contributed by atoms with Crippen molar-refractivity contribution in [2.45, 2.75) is 33.2 Å². The second-order valence-electron chi connectivity index (χ2n) is 8.90. The van der Waals surface area contributed by atoms with Gasteiger partial charge in [-0.15, -0.1) is 0 Å². The zero-order chi connectivity index (χ0) is 26.9. The molecule has 7 heteroatoms. The van der Waals surface area contributed by atoms with Gasteiger partial charge in [-0.2, -0.15) is 5.10 Å². The predicted octanol–water partition coefficient (Wildman–Crippen LogP) is 6.09. The Morgan fingerprint density at radius 1 is 0.921 bits per heavy atom. The molecular weight excluding hydrogens is 476 g/mol. The van der Waals surface area contributed by atoms with Gasteiger partial charge in [0.15, 0.2) is 0 Å². The highest BCUT2D eigenvalue weighted by Crippen LogP contribution is 2.24. The monoisotopic (exact) mass is 508 g/mol. The van der Waals surface area contributed by atoms with Crippen molar-refractivity contribution in [3.63, 3.8) is 0 Å². The smallest absolute Gasteiger partial charge is 0.407 e. The first-order valence-electron chi connectivity index (χ1n) is 12.6. The average Bonchev–Trinajstić information content (AvgIpc) is 3.22. The van der Waals surface area contributed by atoms with Crippen LogP contribution in [0.5, 0.6) is 0 Å². The van der Waals surface area contributed by atoms with E-state index in [4.69, 9.17) is 4.74 Å². The van der Waals surface area contributed by atoms with Gasteiger partial charge in [-0.3, -0.25) is 4.79 Å². The van der Waals surface area contributed by atoms with Crippen molar-refractivity contribution in [2.24, 2.45) is 5.10 Å². The molecule has 0 saturated heterocycles. The summed E-state index contributed by atoms with van der Waals surface area (Å²) in [6, 6.07) is 29.5. The number of aryl methyl sites for hydroxylation is 1. The molecule has 0 spiro atoms. The van der Waals surface area contributed by atoms with Gasteiger partial charge in [0.25, 0.3) is 0 Å². The van der Waals surface area contributed by atoms with Crippen LogP contribution in [0.1, 0.15) is 41.9 Å². The molecule has 7 nitrogen and oxygen atoms in total. The molecule has 4 rings (SSSR count). The van der Waals surface area contributed by atoms with Crippen LogP contribution >= 0.6 is 0 Å². The Hall–Kier alpha value is -4.65. The lowest BCUT2D eigenvalue weighted by atomic mass is 10.0. The van der Waals surface area contributed by atoms with Gasteiger partial charge >= 0.3 is 6.09 Å². The topological polar surface area (TPSA) is 84.7 Å². The molecule has 4 aromatic rings. The summed E-state index contributed by atoms with van der Waals surface area (Å²) in [6.07, 6.45) is 1.10. The molecule has 2 amide bonds. The summed E-state index contributed by atoms with van der Waals surface area (Å²) in [5.74, 6) is -0.322. The summed E-state index contributed by atoms with van der Waals surface area (Å²) in [5.41, 5.74) is 9.76. The van der Waals surface area contributed by atoms with Crippen LogP contribution in [0.3, 0.4) is 0 Å². The molecule has 1 atom stereocenters. The zero-order valence-corrected chi connectivity index (χ0v) is 21.8. The van der Waals surface area contributed by atoms with Crippen LogP contribution in [0.15, 0.2) is 96.1 Å². The van der Waals surface area contributed by atoms with Crippen molar-refractivity contribution in [3.05, 3.63) is 114 Å². The molecule has 0 aliphatic rings. The van der Waals surface area contributed by atoms with Gasteiger partial charge < -0.3 is 14.6 Å². The van der Waals surface area contributed by atoms with E-state index >= 15 is 0 Å². The Labute approximate surface area is 223 Å². The molecule has 0 radical (unpaired) electrons.